The zero-order chi connectivity index (χ0) is 20.3. The third-order valence-corrected chi connectivity index (χ3v) is 9.15. The summed E-state index contributed by atoms with van der Waals surface area (Å²) in [5.41, 5.74) is 0.631. The maximum atomic E-state index is 14.7. The van der Waals surface area contributed by atoms with Crippen LogP contribution in [0.3, 0.4) is 0 Å². The Kier molecular flexibility index (Phi) is 6.42. The topological polar surface area (TPSA) is 9.23 Å². The van der Waals surface area contributed by atoms with E-state index in [0.717, 1.165) is 25.0 Å². The summed E-state index contributed by atoms with van der Waals surface area (Å²) >= 11 is 0. The van der Waals surface area contributed by atoms with Crippen LogP contribution in [0.1, 0.15) is 37.7 Å². The second-order valence-corrected chi connectivity index (χ2v) is 10.9. The Balaban J connectivity index is 1.77. The van der Waals surface area contributed by atoms with Gasteiger partial charge in [-0.25, -0.2) is 8.78 Å². The normalized spacial score (nSPS) is 20.2. The van der Waals surface area contributed by atoms with Crippen LogP contribution in [-0.4, -0.2) is 15.2 Å². The standard InChI is InChI=1S/C21H23F5OSi/c1-2-9-28-10-7-14(8-11-28)16-12-18(22)20(19(23)13-16)15-3-5-17(6-4-15)27-21(24,25)26/h3-6,12-14,28H,2,7-11H2,1H3. The van der Waals surface area contributed by atoms with Gasteiger partial charge in [-0.05, 0) is 54.2 Å². The van der Waals surface area contributed by atoms with E-state index in [1.54, 1.807) is 0 Å². The Hall–Kier alpha value is -1.89. The molecule has 0 aliphatic carbocycles. The highest BCUT2D eigenvalue weighted by atomic mass is 28.3. The first-order valence-electron chi connectivity index (χ1n) is 9.62. The Bertz CT molecular complexity index is 772. The van der Waals surface area contributed by atoms with Gasteiger partial charge in [0, 0.05) is 8.80 Å². The fraction of sp³-hybridized carbons (Fsp3) is 0.429. The fourth-order valence-corrected chi connectivity index (χ4v) is 7.55. The van der Waals surface area contributed by atoms with Gasteiger partial charge in [-0.1, -0.05) is 43.6 Å². The van der Waals surface area contributed by atoms with Crippen molar-refractivity contribution < 1.29 is 26.7 Å². The zero-order valence-corrected chi connectivity index (χ0v) is 16.8. The van der Waals surface area contributed by atoms with Crippen molar-refractivity contribution in [2.45, 2.75) is 56.6 Å². The predicted molar refractivity (Wildman–Crippen MR) is 102 cm³/mol. The van der Waals surface area contributed by atoms with Gasteiger partial charge in [0.15, 0.2) is 0 Å². The van der Waals surface area contributed by atoms with E-state index in [4.69, 9.17) is 0 Å². The second-order valence-electron chi connectivity index (χ2n) is 7.44. The van der Waals surface area contributed by atoms with Crippen LogP contribution in [0.5, 0.6) is 5.75 Å². The summed E-state index contributed by atoms with van der Waals surface area (Å²) in [6, 6.07) is 11.1. The van der Waals surface area contributed by atoms with Crippen LogP contribution in [0.15, 0.2) is 36.4 Å². The average molecular weight is 414 g/mol. The third kappa shape index (κ3) is 5.13. The lowest BCUT2D eigenvalue weighted by Crippen LogP contribution is -2.20. The van der Waals surface area contributed by atoms with Crippen molar-refractivity contribution in [3.05, 3.63) is 53.6 Å². The van der Waals surface area contributed by atoms with Crippen molar-refractivity contribution >= 4 is 8.80 Å². The largest absolute Gasteiger partial charge is 0.573 e. The van der Waals surface area contributed by atoms with Gasteiger partial charge in [-0.15, -0.1) is 13.2 Å². The molecule has 0 aromatic heterocycles. The van der Waals surface area contributed by atoms with Crippen molar-refractivity contribution in [3.63, 3.8) is 0 Å². The molecule has 152 valence electrons. The van der Waals surface area contributed by atoms with Crippen molar-refractivity contribution in [1.82, 2.24) is 0 Å². The lowest BCUT2D eigenvalue weighted by Gasteiger charge is -2.28. The van der Waals surface area contributed by atoms with Crippen LogP contribution in [0.4, 0.5) is 22.0 Å². The van der Waals surface area contributed by atoms with Gasteiger partial charge in [-0.2, -0.15) is 0 Å². The molecule has 2 aromatic carbocycles. The highest BCUT2D eigenvalue weighted by Gasteiger charge is 2.31. The number of rotatable bonds is 5. The molecule has 1 aliphatic heterocycles. The van der Waals surface area contributed by atoms with Crippen molar-refractivity contribution in [1.29, 1.82) is 0 Å². The molecule has 0 saturated carbocycles. The van der Waals surface area contributed by atoms with Gasteiger partial charge in [0.1, 0.15) is 17.4 Å². The molecule has 3 rings (SSSR count). The Labute approximate surface area is 163 Å². The van der Waals surface area contributed by atoms with E-state index < -0.39 is 32.5 Å². The lowest BCUT2D eigenvalue weighted by molar-refractivity contribution is -0.274. The second kappa shape index (κ2) is 8.63. The molecule has 0 N–H and O–H groups in total. The van der Waals surface area contributed by atoms with E-state index in [-0.39, 0.29) is 17.0 Å². The Morgan fingerprint density at radius 3 is 2.07 bits per heavy atom. The Morgan fingerprint density at radius 1 is 1.00 bits per heavy atom. The first-order valence-corrected chi connectivity index (χ1v) is 12.1. The minimum absolute atomic E-state index is 0.176. The van der Waals surface area contributed by atoms with Crippen LogP contribution in [-0.2, 0) is 0 Å². The average Bonchev–Trinajstić information content (AvgIpc) is 2.62. The van der Waals surface area contributed by atoms with Gasteiger partial charge in [0.05, 0.1) is 5.56 Å². The molecule has 0 spiro atoms. The summed E-state index contributed by atoms with van der Waals surface area (Å²) in [5, 5.41) is 0. The Morgan fingerprint density at radius 2 is 1.57 bits per heavy atom. The van der Waals surface area contributed by atoms with Crippen LogP contribution in [0.2, 0.25) is 18.1 Å². The van der Waals surface area contributed by atoms with E-state index in [1.165, 1.54) is 48.8 Å². The monoisotopic (exact) mass is 414 g/mol. The van der Waals surface area contributed by atoms with E-state index in [0.29, 0.717) is 5.56 Å². The molecule has 0 unspecified atom stereocenters. The molecule has 1 fully saturated rings. The number of ether oxygens (including phenoxy) is 1. The smallest absolute Gasteiger partial charge is 0.406 e. The quantitative estimate of drug-likeness (QED) is 0.376. The van der Waals surface area contributed by atoms with Gasteiger partial charge < -0.3 is 4.74 Å². The predicted octanol–water partition coefficient (Wildman–Crippen LogP) is 7.04. The number of hydrogen-bond acceptors (Lipinski definition) is 1. The summed E-state index contributed by atoms with van der Waals surface area (Å²) in [5.74, 6) is -1.62. The van der Waals surface area contributed by atoms with E-state index in [2.05, 4.69) is 11.7 Å². The van der Waals surface area contributed by atoms with Gasteiger partial charge in [-0.3, -0.25) is 0 Å². The minimum Gasteiger partial charge on any atom is -0.406 e. The fourth-order valence-electron chi connectivity index (χ4n) is 4.12. The van der Waals surface area contributed by atoms with Crippen molar-refractivity contribution in [3.8, 4) is 16.9 Å². The van der Waals surface area contributed by atoms with Crippen LogP contribution < -0.4 is 4.74 Å². The molecule has 2 aromatic rings. The maximum absolute atomic E-state index is 14.7. The lowest BCUT2D eigenvalue weighted by atomic mass is 9.91. The molecule has 1 saturated heterocycles. The summed E-state index contributed by atoms with van der Waals surface area (Å²) in [6.45, 7) is 2.20. The van der Waals surface area contributed by atoms with E-state index in [9.17, 15) is 22.0 Å². The van der Waals surface area contributed by atoms with Crippen molar-refractivity contribution in [2.75, 3.05) is 0 Å². The summed E-state index contributed by atoms with van der Waals surface area (Å²) in [4.78, 5) is 0. The SMILES string of the molecule is CCC[SiH]1CCC(c2cc(F)c(-c3ccc(OC(F)(F)F)cc3)c(F)c2)CC1. The van der Waals surface area contributed by atoms with Crippen LogP contribution >= 0.6 is 0 Å². The molecule has 7 heteroatoms. The molecule has 1 heterocycles. The first kappa shape index (κ1) is 20.8. The minimum atomic E-state index is -4.81. The van der Waals surface area contributed by atoms with Gasteiger partial charge in [0.2, 0.25) is 0 Å². The number of benzene rings is 2. The summed E-state index contributed by atoms with van der Waals surface area (Å²) in [6.07, 6.45) is -1.62. The first-order chi connectivity index (χ1) is 13.3. The summed E-state index contributed by atoms with van der Waals surface area (Å²) in [7, 11) is -0.672. The highest BCUT2D eigenvalue weighted by molar-refractivity contribution is 6.59. The molecular weight excluding hydrogens is 391 g/mol. The molecular formula is C21H23F5OSi. The maximum Gasteiger partial charge on any atom is 0.573 e. The molecule has 28 heavy (non-hydrogen) atoms. The molecule has 0 bridgehead atoms. The molecule has 0 radical (unpaired) electrons. The molecule has 1 aliphatic rings. The van der Waals surface area contributed by atoms with Gasteiger partial charge >= 0.3 is 6.36 Å². The third-order valence-electron chi connectivity index (χ3n) is 5.46. The molecule has 0 atom stereocenters. The molecule has 1 nitrogen and oxygen atoms in total. The van der Waals surface area contributed by atoms with Crippen LogP contribution in [0.25, 0.3) is 11.1 Å². The van der Waals surface area contributed by atoms with Crippen LogP contribution in [0, 0.1) is 11.6 Å². The number of alkyl halides is 3. The van der Waals surface area contributed by atoms with E-state index in [1.807, 2.05) is 0 Å². The highest BCUT2D eigenvalue weighted by Crippen LogP contribution is 2.38. The van der Waals surface area contributed by atoms with E-state index >= 15 is 0 Å². The summed E-state index contributed by atoms with van der Waals surface area (Å²) < 4.78 is 69.9. The number of halogens is 5. The van der Waals surface area contributed by atoms with Crippen molar-refractivity contribution in [2.24, 2.45) is 0 Å². The molecule has 0 amide bonds. The zero-order valence-electron chi connectivity index (χ0n) is 15.7. The number of hydrogen-bond donors (Lipinski definition) is 0. The van der Waals surface area contributed by atoms with Gasteiger partial charge in [0.25, 0.3) is 0 Å².